The maximum Gasteiger partial charge on any atom is 0.346 e. The minimum absolute atomic E-state index is 0.141. The Morgan fingerprint density at radius 3 is 2.44 bits per heavy atom. The van der Waals surface area contributed by atoms with Crippen molar-refractivity contribution in [2.75, 3.05) is 5.32 Å². The normalized spacial score (nSPS) is 10.3. The summed E-state index contributed by atoms with van der Waals surface area (Å²) in [5, 5.41) is 6.21. The van der Waals surface area contributed by atoms with Crippen molar-refractivity contribution in [3.8, 4) is 5.75 Å². The fraction of sp³-hybridized carbons (Fsp3) is 0. The predicted molar refractivity (Wildman–Crippen MR) is 90.0 cm³/mol. The van der Waals surface area contributed by atoms with E-state index in [1.165, 1.54) is 41.7 Å². The number of anilines is 1. The van der Waals surface area contributed by atoms with Crippen molar-refractivity contribution in [2.24, 2.45) is 0 Å². The molecule has 0 saturated carbocycles. The van der Waals surface area contributed by atoms with Crippen molar-refractivity contribution in [1.29, 1.82) is 0 Å². The van der Waals surface area contributed by atoms with E-state index in [1.54, 1.807) is 16.8 Å². The minimum atomic E-state index is -1.26. The third-order valence-electron chi connectivity index (χ3n) is 3.28. The molecule has 0 bridgehead atoms. The summed E-state index contributed by atoms with van der Waals surface area (Å²) in [6.07, 6.45) is 0. The maximum atomic E-state index is 13.6. The average molecular weight is 359 g/mol. The molecule has 0 saturated heterocycles. The summed E-state index contributed by atoms with van der Waals surface area (Å²) in [4.78, 5) is 23.8. The number of hydrogen-bond donors (Lipinski definition) is 1. The first-order valence-electron chi connectivity index (χ1n) is 7.14. The number of rotatable bonds is 4. The molecule has 0 aliphatic rings. The van der Waals surface area contributed by atoms with Crippen LogP contribution in [0.15, 0.2) is 59.3 Å². The lowest BCUT2D eigenvalue weighted by molar-refractivity contribution is 0.0728. The lowest BCUT2D eigenvalue weighted by Crippen LogP contribution is -2.12. The molecule has 0 spiro atoms. The van der Waals surface area contributed by atoms with Crippen LogP contribution < -0.4 is 10.1 Å². The van der Waals surface area contributed by atoms with Gasteiger partial charge in [0.05, 0.1) is 11.1 Å². The summed E-state index contributed by atoms with van der Waals surface area (Å²) in [5.41, 5.74) is 0.560. The predicted octanol–water partition coefficient (Wildman–Crippen LogP) is 4.50. The highest BCUT2D eigenvalue weighted by molar-refractivity contribution is 7.08. The Hall–Kier alpha value is -3.06. The van der Waals surface area contributed by atoms with Gasteiger partial charge in [0, 0.05) is 11.1 Å². The molecular weight excluding hydrogens is 348 g/mol. The third kappa shape index (κ3) is 3.89. The summed E-state index contributed by atoms with van der Waals surface area (Å²) in [5.74, 6) is -3.50. The van der Waals surface area contributed by atoms with Crippen LogP contribution in [0, 0.1) is 11.6 Å². The van der Waals surface area contributed by atoms with Gasteiger partial charge >= 0.3 is 5.97 Å². The van der Waals surface area contributed by atoms with Crippen LogP contribution >= 0.6 is 11.3 Å². The van der Waals surface area contributed by atoms with E-state index in [2.05, 4.69) is 5.32 Å². The Kier molecular flexibility index (Phi) is 4.85. The molecule has 126 valence electrons. The van der Waals surface area contributed by atoms with Crippen LogP contribution in [0.5, 0.6) is 5.75 Å². The van der Waals surface area contributed by atoms with Crippen molar-refractivity contribution in [2.45, 2.75) is 0 Å². The molecule has 3 aromatic rings. The zero-order valence-electron chi connectivity index (χ0n) is 12.7. The number of esters is 1. The van der Waals surface area contributed by atoms with Gasteiger partial charge in [-0.15, -0.1) is 0 Å². The van der Waals surface area contributed by atoms with Gasteiger partial charge in [-0.3, -0.25) is 4.79 Å². The fourth-order valence-electron chi connectivity index (χ4n) is 2.03. The van der Waals surface area contributed by atoms with Gasteiger partial charge in [-0.25, -0.2) is 13.6 Å². The molecule has 3 rings (SSSR count). The molecule has 25 heavy (non-hydrogen) atoms. The second kappa shape index (κ2) is 7.23. The van der Waals surface area contributed by atoms with Gasteiger partial charge < -0.3 is 10.1 Å². The highest BCUT2D eigenvalue weighted by Gasteiger charge is 2.17. The van der Waals surface area contributed by atoms with Gasteiger partial charge in [0.1, 0.15) is 5.75 Å². The molecule has 0 aliphatic carbocycles. The summed E-state index contributed by atoms with van der Waals surface area (Å²) in [7, 11) is 0. The summed E-state index contributed by atoms with van der Waals surface area (Å²) in [6.45, 7) is 0. The van der Waals surface area contributed by atoms with Crippen LogP contribution in [-0.2, 0) is 0 Å². The number of hydrogen-bond acceptors (Lipinski definition) is 4. The lowest BCUT2D eigenvalue weighted by atomic mass is 10.2. The molecule has 7 heteroatoms. The molecule has 0 aliphatic heterocycles. The minimum Gasteiger partial charge on any atom is -0.423 e. The highest BCUT2D eigenvalue weighted by atomic mass is 32.1. The first-order valence-corrected chi connectivity index (χ1v) is 8.08. The topological polar surface area (TPSA) is 55.4 Å². The smallest absolute Gasteiger partial charge is 0.346 e. The van der Waals surface area contributed by atoms with E-state index in [0.29, 0.717) is 11.3 Å². The molecule has 2 aromatic carbocycles. The van der Waals surface area contributed by atoms with Crippen LogP contribution in [0.2, 0.25) is 0 Å². The molecule has 1 amide bonds. The Morgan fingerprint density at radius 1 is 1.00 bits per heavy atom. The molecular formula is C18H11F2NO3S. The molecule has 1 N–H and O–H groups in total. The Balaban J connectivity index is 1.67. The quantitative estimate of drug-likeness (QED) is 0.551. The van der Waals surface area contributed by atoms with Gasteiger partial charge in [-0.2, -0.15) is 11.3 Å². The maximum absolute atomic E-state index is 13.6. The summed E-state index contributed by atoms with van der Waals surface area (Å²) < 4.78 is 31.7. The SMILES string of the molecule is O=C(Nc1ccc(OC(=O)c2cccc(F)c2F)cc1)c1ccsc1. The number of carbonyl (C=O) groups excluding carboxylic acids is 2. The second-order valence-electron chi connectivity index (χ2n) is 4.98. The van der Waals surface area contributed by atoms with E-state index < -0.39 is 23.2 Å². The number of thiophene rings is 1. The van der Waals surface area contributed by atoms with Crippen LogP contribution in [0.1, 0.15) is 20.7 Å². The number of amides is 1. The number of carbonyl (C=O) groups is 2. The third-order valence-corrected chi connectivity index (χ3v) is 3.96. The second-order valence-corrected chi connectivity index (χ2v) is 5.76. The Labute approximate surface area is 145 Å². The van der Waals surface area contributed by atoms with Gasteiger partial charge in [0.15, 0.2) is 11.6 Å². The highest BCUT2D eigenvalue weighted by Crippen LogP contribution is 2.19. The first-order chi connectivity index (χ1) is 12.0. The van der Waals surface area contributed by atoms with Crippen LogP contribution in [0.3, 0.4) is 0 Å². The number of nitrogens with one attached hydrogen (secondary N) is 1. The zero-order valence-corrected chi connectivity index (χ0v) is 13.5. The molecule has 0 unspecified atom stereocenters. The zero-order chi connectivity index (χ0) is 17.8. The Morgan fingerprint density at radius 2 is 1.76 bits per heavy atom. The van der Waals surface area contributed by atoms with E-state index >= 15 is 0 Å². The van der Waals surface area contributed by atoms with E-state index in [-0.39, 0.29) is 11.7 Å². The monoisotopic (exact) mass is 359 g/mol. The van der Waals surface area contributed by atoms with E-state index in [1.807, 2.05) is 0 Å². The van der Waals surface area contributed by atoms with Crippen molar-refractivity contribution in [3.63, 3.8) is 0 Å². The fourth-order valence-corrected chi connectivity index (χ4v) is 2.66. The van der Waals surface area contributed by atoms with Gasteiger partial charge in [0.2, 0.25) is 0 Å². The van der Waals surface area contributed by atoms with Crippen molar-refractivity contribution in [3.05, 3.63) is 82.1 Å². The van der Waals surface area contributed by atoms with Gasteiger partial charge in [0.25, 0.3) is 5.91 Å². The Bertz CT molecular complexity index is 909. The number of benzene rings is 2. The van der Waals surface area contributed by atoms with Crippen LogP contribution in [-0.4, -0.2) is 11.9 Å². The molecule has 0 atom stereocenters. The first kappa shape index (κ1) is 16.8. The molecule has 0 radical (unpaired) electrons. The van der Waals surface area contributed by atoms with Gasteiger partial charge in [-0.05, 0) is 47.8 Å². The van der Waals surface area contributed by atoms with Crippen molar-refractivity contribution >= 4 is 28.9 Å². The van der Waals surface area contributed by atoms with Crippen molar-refractivity contribution < 1.29 is 23.1 Å². The molecule has 0 fully saturated rings. The summed E-state index contributed by atoms with van der Waals surface area (Å²) >= 11 is 1.41. The van der Waals surface area contributed by atoms with Gasteiger partial charge in [-0.1, -0.05) is 6.07 Å². The molecule has 4 nitrogen and oxygen atoms in total. The lowest BCUT2D eigenvalue weighted by Gasteiger charge is -2.07. The molecule has 1 aromatic heterocycles. The van der Waals surface area contributed by atoms with Crippen LogP contribution in [0.25, 0.3) is 0 Å². The molecule has 1 heterocycles. The number of ether oxygens (including phenoxy) is 1. The van der Waals surface area contributed by atoms with E-state index in [4.69, 9.17) is 4.74 Å². The van der Waals surface area contributed by atoms with E-state index in [0.717, 1.165) is 12.1 Å². The summed E-state index contributed by atoms with van der Waals surface area (Å²) in [6, 6.07) is 10.9. The standard InChI is InChI=1S/C18H11F2NO3S/c19-15-3-1-2-14(16(15)20)18(23)24-13-6-4-12(5-7-13)21-17(22)11-8-9-25-10-11/h1-10H,(H,21,22). The van der Waals surface area contributed by atoms with E-state index in [9.17, 15) is 18.4 Å². The largest absolute Gasteiger partial charge is 0.423 e. The number of halogens is 2. The van der Waals surface area contributed by atoms with Crippen LogP contribution in [0.4, 0.5) is 14.5 Å². The average Bonchev–Trinajstić information content (AvgIpc) is 3.14. The van der Waals surface area contributed by atoms with Crippen molar-refractivity contribution in [1.82, 2.24) is 0 Å².